The third kappa shape index (κ3) is 3.39. The summed E-state index contributed by atoms with van der Waals surface area (Å²) in [5.74, 6) is -1.31. The number of aliphatic hydroxyl groups excluding tert-OH is 1. The monoisotopic (exact) mass is 282 g/mol. The molecule has 0 bridgehead atoms. The molecule has 20 heavy (non-hydrogen) atoms. The van der Waals surface area contributed by atoms with Gasteiger partial charge in [-0.25, -0.2) is 4.79 Å². The van der Waals surface area contributed by atoms with E-state index in [1.165, 1.54) is 0 Å². The fourth-order valence-electron chi connectivity index (χ4n) is 2.23. The van der Waals surface area contributed by atoms with Gasteiger partial charge in [0, 0.05) is 18.8 Å². The van der Waals surface area contributed by atoms with E-state index >= 15 is 0 Å². The fourth-order valence-corrected chi connectivity index (χ4v) is 2.23. The van der Waals surface area contributed by atoms with E-state index in [9.17, 15) is 9.59 Å². The number of aromatic carboxylic acids is 1. The van der Waals surface area contributed by atoms with E-state index in [1.54, 1.807) is 18.7 Å². The van der Waals surface area contributed by atoms with Crippen LogP contribution in [-0.4, -0.2) is 51.7 Å². The molecule has 0 aliphatic carbocycles. The number of carboxylic acid groups (broad SMARTS) is 1. The van der Waals surface area contributed by atoms with Crippen LogP contribution in [0.5, 0.6) is 0 Å². The normalized spacial score (nSPS) is 10.6. The second-order valence-electron chi connectivity index (χ2n) is 4.80. The van der Waals surface area contributed by atoms with Gasteiger partial charge < -0.3 is 20.1 Å². The number of hydrogen-bond donors (Lipinski definition) is 3. The van der Waals surface area contributed by atoms with Crippen molar-refractivity contribution >= 4 is 11.9 Å². The highest BCUT2D eigenvalue weighted by Gasteiger charge is 2.24. The van der Waals surface area contributed by atoms with Crippen molar-refractivity contribution < 1.29 is 19.8 Å². The first-order chi connectivity index (χ1) is 9.43. The molecule has 0 fully saturated rings. The number of aliphatic hydroxyl groups is 1. The maximum absolute atomic E-state index is 12.5. The maximum atomic E-state index is 12.5. The van der Waals surface area contributed by atoms with Crippen molar-refractivity contribution in [1.82, 2.24) is 9.88 Å². The lowest BCUT2D eigenvalue weighted by molar-refractivity contribution is 0.0690. The number of carbonyl (C=O) groups excluding carboxylic acids is 1. The average molecular weight is 282 g/mol. The van der Waals surface area contributed by atoms with Gasteiger partial charge >= 0.3 is 5.97 Å². The average Bonchev–Trinajstić information content (AvgIpc) is 2.69. The lowest BCUT2D eigenvalue weighted by atomic mass is 10.1. The summed E-state index contributed by atoms with van der Waals surface area (Å²) in [7, 11) is 0. The molecule has 0 saturated carbocycles. The zero-order valence-electron chi connectivity index (χ0n) is 12.2. The molecule has 1 rings (SSSR count). The molecule has 112 valence electrons. The minimum absolute atomic E-state index is 0.0466. The molecule has 0 unspecified atom stereocenters. The lowest BCUT2D eigenvalue weighted by Gasteiger charge is -2.22. The second kappa shape index (κ2) is 7.09. The molecule has 6 nitrogen and oxygen atoms in total. The van der Waals surface area contributed by atoms with Crippen LogP contribution < -0.4 is 0 Å². The van der Waals surface area contributed by atoms with Crippen molar-refractivity contribution in [1.29, 1.82) is 0 Å². The molecule has 1 aromatic rings. The summed E-state index contributed by atoms with van der Waals surface area (Å²) in [5, 5.41) is 18.1. The van der Waals surface area contributed by atoms with E-state index < -0.39 is 5.97 Å². The summed E-state index contributed by atoms with van der Waals surface area (Å²) < 4.78 is 0. The van der Waals surface area contributed by atoms with Gasteiger partial charge in [-0.1, -0.05) is 13.3 Å². The molecule has 0 aromatic carbocycles. The topological polar surface area (TPSA) is 93.6 Å². The van der Waals surface area contributed by atoms with E-state index in [-0.39, 0.29) is 24.8 Å². The fraction of sp³-hybridized carbons (Fsp3) is 0.571. The number of carboxylic acids is 1. The summed E-state index contributed by atoms with van der Waals surface area (Å²) in [5.41, 5.74) is 1.43. The Hall–Kier alpha value is -1.82. The largest absolute Gasteiger partial charge is 0.477 e. The zero-order chi connectivity index (χ0) is 15.3. The van der Waals surface area contributed by atoms with E-state index in [0.717, 1.165) is 12.8 Å². The van der Waals surface area contributed by atoms with Gasteiger partial charge in [0.05, 0.1) is 12.2 Å². The van der Waals surface area contributed by atoms with Gasteiger partial charge in [-0.05, 0) is 25.8 Å². The molecule has 3 N–H and O–H groups in total. The lowest BCUT2D eigenvalue weighted by Crippen LogP contribution is -2.35. The van der Waals surface area contributed by atoms with Crippen molar-refractivity contribution in [3.63, 3.8) is 0 Å². The van der Waals surface area contributed by atoms with Crippen LogP contribution >= 0.6 is 0 Å². The number of nitrogens with one attached hydrogen (secondary N) is 1. The number of carbonyl (C=O) groups is 2. The third-order valence-corrected chi connectivity index (χ3v) is 3.30. The molecule has 0 atom stereocenters. The highest BCUT2D eigenvalue weighted by atomic mass is 16.4. The number of hydrogen-bond acceptors (Lipinski definition) is 3. The molecule has 0 aliphatic rings. The molecule has 1 aromatic heterocycles. The van der Waals surface area contributed by atoms with E-state index in [2.05, 4.69) is 4.98 Å². The van der Waals surface area contributed by atoms with Crippen LogP contribution in [0.15, 0.2) is 0 Å². The number of rotatable bonds is 7. The van der Waals surface area contributed by atoms with Gasteiger partial charge in [0.1, 0.15) is 5.69 Å². The van der Waals surface area contributed by atoms with Crippen LogP contribution in [0.1, 0.15) is 51.9 Å². The first kappa shape index (κ1) is 16.2. The van der Waals surface area contributed by atoms with Crippen molar-refractivity contribution in [2.45, 2.75) is 33.6 Å². The Morgan fingerprint density at radius 1 is 1.25 bits per heavy atom. The van der Waals surface area contributed by atoms with Gasteiger partial charge in [0.25, 0.3) is 5.91 Å². The Kier molecular flexibility index (Phi) is 5.76. The van der Waals surface area contributed by atoms with Crippen LogP contribution in [-0.2, 0) is 0 Å². The Labute approximate surface area is 118 Å². The number of unbranched alkanes of at least 4 members (excludes halogenated alkanes) is 1. The summed E-state index contributed by atoms with van der Waals surface area (Å²) >= 11 is 0. The molecule has 0 radical (unpaired) electrons. The first-order valence-corrected chi connectivity index (χ1v) is 6.76. The summed E-state index contributed by atoms with van der Waals surface area (Å²) in [6.07, 6.45) is 1.79. The summed E-state index contributed by atoms with van der Waals surface area (Å²) in [6, 6.07) is 0. The summed E-state index contributed by atoms with van der Waals surface area (Å²) in [6.45, 7) is 6.04. The van der Waals surface area contributed by atoms with Crippen LogP contribution in [0.25, 0.3) is 0 Å². The third-order valence-electron chi connectivity index (χ3n) is 3.30. The van der Waals surface area contributed by atoms with Gasteiger partial charge in [-0.15, -0.1) is 0 Å². The Bertz CT molecular complexity index is 494. The minimum atomic E-state index is -1.08. The number of aryl methyl sites for hydroxylation is 1. The zero-order valence-corrected chi connectivity index (χ0v) is 12.2. The number of nitrogens with zero attached hydrogens (tertiary/aromatic N) is 1. The first-order valence-electron chi connectivity index (χ1n) is 6.76. The van der Waals surface area contributed by atoms with Gasteiger partial charge in [0.2, 0.25) is 0 Å². The van der Waals surface area contributed by atoms with E-state index in [1.807, 2.05) is 6.92 Å². The SMILES string of the molecule is CCCCN(CCO)C(=O)c1c(C)[nH]c(C(=O)O)c1C. The number of aromatic amines is 1. The molecule has 6 heteroatoms. The predicted octanol–water partition coefficient (Wildman–Crippen LogP) is 1.56. The Balaban J connectivity index is 3.08. The Morgan fingerprint density at radius 3 is 2.35 bits per heavy atom. The van der Waals surface area contributed by atoms with Crippen molar-refractivity contribution in [2.24, 2.45) is 0 Å². The molecular weight excluding hydrogens is 260 g/mol. The standard InChI is InChI=1S/C14H22N2O4/c1-4-5-6-16(7-8-17)13(18)11-9(2)12(14(19)20)15-10(11)3/h15,17H,4-8H2,1-3H3,(H,19,20). The highest BCUT2D eigenvalue weighted by Crippen LogP contribution is 2.20. The maximum Gasteiger partial charge on any atom is 0.352 e. The second-order valence-corrected chi connectivity index (χ2v) is 4.80. The van der Waals surface area contributed by atoms with Gasteiger partial charge in [0.15, 0.2) is 0 Å². The van der Waals surface area contributed by atoms with Crippen molar-refractivity contribution in [2.75, 3.05) is 19.7 Å². The van der Waals surface area contributed by atoms with Gasteiger partial charge in [-0.2, -0.15) is 0 Å². The smallest absolute Gasteiger partial charge is 0.352 e. The summed E-state index contributed by atoms with van der Waals surface area (Å²) in [4.78, 5) is 27.9. The van der Waals surface area contributed by atoms with E-state index in [4.69, 9.17) is 10.2 Å². The van der Waals surface area contributed by atoms with Crippen LogP contribution in [0.2, 0.25) is 0 Å². The predicted molar refractivity (Wildman–Crippen MR) is 75.1 cm³/mol. The Morgan fingerprint density at radius 2 is 1.90 bits per heavy atom. The van der Waals surface area contributed by atoms with Crippen molar-refractivity contribution in [3.8, 4) is 0 Å². The molecule has 1 amide bonds. The number of aromatic nitrogens is 1. The molecule has 0 spiro atoms. The minimum Gasteiger partial charge on any atom is -0.477 e. The number of H-pyrrole nitrogens is 1. The molecule has 0 aliphatic heterocycles. The van der Waals surface area contributed by atoms with Crippen LogP contribution in [0, 0.1) is 13.8 Å². The van der Waals surface area contributed by atoms with Crippen LogP contribution in [0.4, 0.5) is 0 Å². The molecule has 1 heterocycles. The van der Waals surface area contributed by atoms with Crippen LogP contribution in [0.3, 0.4) is 0 Å². The van der Waals surface area contributed by atoms with Crippen molar-refractivity contribution in [3.05, 3.63) is 22.5 Å². The molecule has 0 saturated heterocycles. The van der Waals surface area contributed by atoms with Gasteiger partial charge in [-0.3, -0.25) is 4.79 Å². The number of amides is 1. The quantitative estimate of drug-likeness (QED) is 0.707. The molecular formula is C14H22N2O4. The van der Waals surface area contributed by atoms with E-state index in [0.29, 0.717) is 23.4 Å². The highest BCUT2D eigenvalue weighted by molar-refractivity contribution is 6.00.